The lowest BCUT2D eigenvalue weighted by molar-refractivity contribution is 0.421. The zero-order valence-electron chi connectivity index (χ0n) is 11.2. The Balaban J connectivity index is 2.39. The third kappa shape index (κ3) is 3.17. The molecule has 1 unspecified atom stereocenters. The highest BCUT2D eigenvalue weighted by Crippen LogP contribution is 2.30. The van der Waals surface area contributed by atoms with E-state index in [4.69, 9.17) is 17.3 Å². The Morgan fingerprint density at radius 2 is 1.80 bits per heavy atom. The molecule has 4 heteroatoms. The highest BCUT2D eigenvalue weighted by molar-refractivity contribution is 6.31. The van der Waals surface area contributed by atoms with Gasteiger partial charge in [0.25, 0.3) is 0 Å². The van der Waals surface area contributed by atoms with Crippen LogP contribution in [0, 0.1) is 11.6 Å². The molecule has 0 aliphatic rings. The minimum Gasteiger partial charge on any atom is -0.321 e. The molecule has 2 rings (SSSR count). The van der Waals surface area contributed by atoms with E-state index in [1.807, 2.05) is 6.92 Å². The van der Waals surface area contributed by atoms with Crippen molar-refractivity contribution in [1.29, 1.82) is 0 Å². The fraction of sp³-hybridized carbons (Fsp3) is 0.250. The van der Waals surface area contributed by atoms with Crippen LogP contribution in [0.1, 0.15) is 24.5 Å². The standard InChI is InChI=1S/C16H16ClF2N/c1-2-16(20,12-4-3-5-13(18)9-12)10-11-8-14(19)6-7-15(11)17/h3-9H,2,10,20H2,1H3. The smallest absolute Gasteiger partial charge is 0.123 e. The molecule has 0 spiro atoms. The predicted octanol–water partition coefficient (Wildman–Crippen LogP) is 4.42. The molecular formula is C16H16ClF2N. The quantitative estimate of drug-likeness (QED) is 0.887. The summed E-state index contributed by atoms with van der Waals surface area (Å²) in [4.78, 5) is 0. The van der Waals surface area contributed by atoms with Crippen LogP contribution in [-0.2, 0) is 12.0 Å². The normalized spacial score (nSPS) is 14.1. The van der Waals surface area contributed by atoms with Gasteiger partial charge < -0.3 is 5.73 Å². The van der Waals surface area contributed by atoms with E-state index in [1.54, 1.807) is 12.1 Å². The lowest BCUT2D eigenvalue weighted by atomic mass is 9.82. The third-order valence-corrected chi connectivity index (χ3v) is 3.91. The zero-order chi connectivity index (χ0) is 14.8. The molecule has 1 nitrogen and oxygen atoms in total. The highest BCUT2D eigenvalue weighted by atomic mass is 35.5. The molecule has 0 heterocycles. The molecule has 0 radical (unpaired) electrons. The van der Waals surface area contributed by atoms with Crippen molar-refractivity contribution in [2.45, 2.75) is 25.3 Å². The minimum atomic E-state index is -0.778. The monoisotopic (exact) mass is 295 g/mol. The first-order valence-corrected chi connectivity index (χ1v) is 6.81. The summed E-state index contributed by atoms with van der Waals surface area (Å²) in [7, 11) is 0. The van der Waals surface area contributed by atoms with Gasteiger partial charge in [0.05, 0.1) is 0 Å². The first-order valence-electron chi connectivity index (χ1n) is 6.43. The third-order valence-electron chi connectivity index (χ3n) is 3.54. The molecule has 0 aliphatic carbocycles. The van der Waals surface area contributed by atoms with Gasteiger partial charge in [-0.25, -0.2) is 8.78 Å². The van der Waals surface area contributed by atoms with Crippen molar-refractivity contribution in [1.82, 2.24) is 0 Å². The molecule has 0 aromatic heterocycles. The van der Waals surface area contributed by atoms with Gasteiger partial charge in [-0.2, -0.15) is 0 Å². The first kappa shape index (κ1) is 14.9. The van der Waals surface area contributed by atoms with Gasteiger partial charge in [-0.15, -0.1) is 0 Å². The van der Waals surface area contributed by atoms with E-state index < -0.39 is 5.54 Å². The van der Waals surface area contributed by atoms with Crippen molar-refractivity contribution in [3.8, 4) is 0 Å². The van der Waals surface area contributed by atoms with Crippen molar-refractivity contribution >= 4 is 11.6 Å². The van der Waals surface area contributed by atoms with Gasteiger partial charge in [0.1, 0.15) is 11.6 Å². The lowest BCUT2D eigenvalue weighted by Crippen LogP contribution is -2.38. The summed E-state index contributed by atoms with van der Waals surface area (Å²) >= 11 is 6.08. The van der Waals surface area contributed by atoms with E-state index in [0.717, 1.165) is 0 Å². The topological polar surface area (TPSA) is 26.0 Å². The Bertz CT molecular complexity index is 615. The second kappa shape index (κ2) is 5.90. The van der Waals surface area contributed by atoms with Crippen LogP contribution in [0.25, 0.3) is 0 Å². The Kier molecular flexibility index (Phi) is 4.41. The maximum atomic E-state index is 13.4. The summed E-state index contributed by atoms with van der Waals surface area (Å²) in [6.45, 7) is 1.91. The van der Waals surface area contributed by atoms with Crippen LogP contribution in [0.3, 0.4) is 0 Å². The van der Waals surface area contributed by atoms with Crippen molar-refractivity contribution in [2.75, 3.05) is 0 Å². The number of halogens is 3. The molecule has 0 aliphatic heterocycles. The van der Waals surface area contributed by atoms with Crippen LogP contribution < -0.4 is 5.73 Å². The largest absolute Gasteiger partial charge is 0.321 e. The van der Waals surface area contributed by atoms with Gasteiger partial charge in [0.15, 0.2) is 0 Å². The van der Waals surface area contributed by atoms with Crippen LogP contribution in [0.5, 0.6) is 0 Å². The van der Waals surface area contributed by atoms with Gasteiger partial charge in [0, 0.05) is 10.6 Å². The molecular weight excluding hydrogens is 280 g/mol. The van der Waals surface area contributed by atoms with Gasteiger partial charge in [-0.1, -0.05) is 30.7 Å². The fourth-order valence-electron chi connectivity index (χ4n) is 2.25. The number of nitrogens with two attached hydrogens (primary N) is 1. The SMILES string of the molecule is CCC(N)(Cc1cc(F)ccc1Cl)c1cccc(F)c1. The average Bonchev–Trinajstić information content (AvgIpc) is 2.43. The summed E-state index contributed by atoms with van der Waals surface area (Å²) in [5, 5.41) is 0.464. The molecule has 0 amide bonds. The van der Waals surface area contributed by atoms with E-state index in [2.05, 4.69) is 0 Å². The summed E-state index contributed by atoms with van der Waals surface area (Å²) < 4.78 is 26.7. The molecule has 0 saturated carbocycles. The molecule has 1 atom stereocenters. The van der Waals surface area contributed by atoms with Crippen molar-refractivity contribution in [3.05, 3.63) is 70.2 Å². The number of rotatable bonds is 4. The number of hydrogen-bond acceptors (Lipinski definition) is 1. The maximum absolute atomic E-state index is 13.4. The van der Waals surface area contributed by atoms with Gasteiger partial charge in [-0.3, -0.25) is 0 Å². The fourth-order valence-corrected chi connectivity index (χ4v) is 2.43. The van der Waals surface area contributed by atoms with Crippen molar-refractivity contribution < 1.29 is 8.78 Å². The molecule has 20 heavy (non-hydrogen) atoms. The minimum absolute atomic E-state index is 0.337. The Morgan fingerprint density at radius 1 is 1.10 bits per heavy atom. The second-order valence-electron chi connectivity index (χ2n) is 4.93. The Hall–Kier alpha value is -1.45. The van der Waals surface area contributed by atoms with E-state index in [1.165, 1.54) is 30.3 Å². The van der Waals surface area contributed by atoms with E-state index in [-0.39, 0.29) is 11.6 Å². The van der Waals surface area contributed by atoms with Gasteiger partial charge in [0.2, 0.25) is 0 Å². The highest BCUT2D eigenvalue weighted by Gasteiger charge is 2.27. The van der Waals surface area contributed by atoms with Gasteiger partial charge >= 0.3 is 0 Å². The lowest BCUT2D eigenvalue weighted by Gasteiger charge is -2.29. The zero-order valence-corrected chi connectivity index (χ0v) is 11.9. The number of hydrogen-bond donors (Lipinski definition) is 1. The van der Waals surface area contributed by atoms with Crippen molar-refractivity contribution in [3.63, 3.8) is 0 Å². The van der Waals surface area contributed by atoms with Crippen LogP contribution >= 0.6 is 11.6 Å². The summed E-state index contributed by atoms with van der Waals surface area (Å²) in [6.07, 6.45) is 0.937. The van der Waals surface area contributed by atoms with Crippen LogP contribution in [-0.4, -0.2) is 0 Å². The number of benzene rings is 2. The molecule has 2 aromatic rings. The predicted molar refractivity (Wildman–Crippen MR) is 77.7 cm³/mol. The second-order valence-corrected chi connectivity index (χ2v) is 5.34. The molecule has 0 saturated heterocycles. The van der Waals surface area contributed by atoms with E-state index in [9.17, 15) is 8.78 Å². The Labute approximate surface area is 122 Å². The first-order chi connectivity index (χ1) is 9.44. The Morgan fingerprint density at radius 3 is 2.45 bits per heavy atom. The van der Waals surface area contributed by atoms with Crippen molar-refractivity contribution in [2.24, 2.45) is 5.73 Å². The molecule has 2 N–H and O–H groups in total. The van der Waals surface area contributed by atoms with E-state index in [0.29, 0.717) is 29.0 Å². The molecule has 2 aromatic carbocycles. The molecule has 106 valence electrons. The average molecular weight is 296 g/mol. The molecule has 0 fully saturated rings. The summed E-state index contributed by atoms with van der Waals surface area (Å²) in [6, 6.07) is 10.4. The maximum Gasteiger partial charge on any atom is 0.123 e. The summed E-state index contributed by atoms with van der Waals surface area (Å²) in [5.41, 5.74) is 6.92. The van der Waals surface area contributed by atoms with Crippen LogP contribution in [0.2, 0.25) is 5.02 Å². The van der Waals surface area contributed by atoms with Crippen LogP contribution in [0.4, 0.5) is 8.78 Å². The summed E-state index contributed by atoms with van der Waals surface area (Å²) in [5.74, 6) is -0.696. The van der Waals surface area contributed by atoms with Gasteiger partial charge in [-0.05, 0) is 54.3 Å². The molecule has 0 bridgehead atoms. The van der Waals surface area contributed by atoms with E-state index >= 15 is 0 Å². The van der Waals surface area contributed by atoms with Crippen LogP contribution in [0.15, 0.2) is 42.5 Å².